The third-order valence-electron chi connectivity index (χ3n) is 3.35. The molecule has 0 radical (unpaired) electrons. The maximum Gasteiger partial charge on any atom is 0.345 e. The SMILES string of the molecule is CCNc1nn(C2CCCC2)c(N)c1C(=O)OC. The fourth-order valence-electron chi connectivity index (χ4n) is 2.47. The minimum Gasteiger partial charge on any atom is -0.465 e. The van der Waals surface area contributed by atoms with Crippen LogP contribution in [-0.2, 0) is 4.74 Å². The summed E-state index contributed by atoms with van der Waals surface area (Å²) in [6.07, 6.45) is 4.51. The molecule has 0 bridgehead atoms. The minimum absolute atomic E-state index is 0.306. The number of carbonyl (C=O) groups is 1. The van der Waals surface area contributed by atoms with E-state index in [2.05, 4.69) is 10.4 Å². The molecule has 18 heavy (non-hydrogen) atoms. The average molecular weight is 252 g/mol. The van der Waals surface area contributed by atoms with Crippen molar-refractivity contribution >= 4 is 17.6 Å². The van der Waals surface area contributed by atoms with Gasteiger partial charge in [-0.1, -0.05) is 12.8 Å². The monoisotopic (exact) mass is 252 g/mol. The van der Waals surface area contributed by atoms with Crippen LogP contribution >= 0.6 is 0 Å². The summed E-state index contributed by atoms with van der Waals surface area (Å²) in [6.45, 7) is 2.64. The molecule has 0 unspecified atom stereocenters. The summed E-state index contributed by atoms with van der Waals surface area (Å²) in [7, 11) is 1.35. The molecule has 0 aromatic carbocycles. The molecule has 1 heterocycles. The number of methoxy groups -OCH3 is 1. The molecule has 6 heteroatoms. The zero-order valence-electron chi connectivity index (χ0n) is 10.9. The number of nitrogens with two attached hydrogens (primary N) is 1. The fourth-order valence-corrected chi connectivity index (χ4v) is 2.47. The van der Waals surface area contributed by atoms with Gasteiger partial charge in [-0.25, -0.2) is 9.48 Å². The molecule has 1 aromatic heterocycles. The average Bonchev–Trinajstić information content (AvgIpc) is 2.97. The summed E-state index contributed by atoms with van der Waals surface area (Å²) in [5.41, 5.74) is 6.40. The molecule has 0 spiro atoms. The molecule has 3 N–H and O–H groups in total. The van der Waals surface area contributed by atoms with Crippen LogP contribution in [0.25, 0.3) is 0 Å². The van der Waals surface area contributed by atoms with Gasteiger partial charge in [0.05, 0.1) is 13.2 Å². The van der Waals surface area contributed by atoms with Crippen LogP contribution in [0.4, 0.5) is 11.6 Å². The molecule has 0 amide bonds. The Morgan fingerprint density at radius 2 is 2.22 bits per heavy atom. The van der Waals surface area contributed by atoms with Crippen LogP contribution in [0.3, 0.4) is 0 Å². The van der Waals surface area contributed by atoms with Crippen molar-refractivity contribution in [3.05, 3.63) is 5.56 Å². The molecule has 100 valence electrons. The number of hydrogen-bond acceptors (Lipinski definition) is 5. The number of esters is 1. The molecule has 1 aliphatic carbocycles. The highest BCUT2D eigenvalue weighted by Gasteiger charge is 2.27. The normalized spacial score (nSPS) is 15.9. The zero-order chi connectivity index (χ0) is 13.1. The van der Waals surface area contributed by atoms with Gasteiger partial charge in [-0.15, -0.1) is 0 Å². The summed E-state index contributed by atoms with van der Waals surface area (Å²) >= 11 is 0. The number of ether oxygens (including phenoxy) is 1. The van der Waals surface area contributed by atoms with Crippen molar-refractivity contribution in [2.45, 2.75) is 38.6 Å². The van der Waals surface area contributed by atoms with Gasteiger partial charge in [0.1, 0.15) is 11.4 Å². The molecule has 0 aliphatic heterocycles. The van der Waals surface area contributed by atoms with E-state index >= 15 is 0 Å². The van der Waals surface area contributed by atoms with Crippen molar-refractivity contribution in [2.24, 2.45) is 0 Å². The number of nitrogens with one attached hydrogen (secondary N) is 1. The van der Waals surface area contributed by atoms with Gasteiger partial charge in [-0.2, -0.15) is 5.10 Å². The standard InChI is InChI=1S/C12H20N4O2/c1-3-14-11-9(12(17)18-2)10(13)16(15-11)8-6-4-5-7-8/h8H,3-7,13H2,1-2H3,(H,14,15). The number of rotatable bonds is 4. The molecule has 6 nitrogen and oxygen atoms in total. The summed E-state index contributed by atoms with van der Waals surface area (Å²) in [5, 5.41) is 7.49. The first-order chi connectivity index (χ1) is 8.69. The maximum atomic E-state index is 11.8. The Labute approximate surface area is 106 Å². The van der Waals surface area contributed by atoms with Crippen molar-refractivity contribution in [3.8, 4) is 0 Å². The van der Waals surface area contributed by atoms with E-state index in [-0.39, 0.29) is 0 Å². The van der Waals surface area contributed by atoms with E-state index in [0.29, 0.717) is 29.8 Å². The lowest BCUT2D eigenvalue weighted by Gasteiger charge is -2.11. The Hall–Kier alpha value is -1.72. The second kappa shape index (κ2) is 5.29. The van der Waals surface area contributed by atoms with E-state index in [0.717, 1.165) is 12.8 Å². The number of nitrogens with zero attached hydrogens (tertiary/aromatic N) is 2. The van der Waals surface area contributed by atoms with Gasteiger partial charge in [-0.05, 0) is 19.8 Å². The van der Waals surface area contributed by atoms with Gasteiger partial charge < -0.3 is 15.8 Å². The fraction of sp³-hybridized carbons (Fsp3) is 0.667. The first kappa shape index (κ1) is 12.7. The number of carbonyl (C=O) groups excluding carboxylic acids is 1. The van der Waals surface area contributed by atoms with Crippen LogP contribution in [0.2, 0.25) is 0 Å². The van der Waals surface area contributed by atoms with Gasteiger partial charge in [0.15, 0.2) is 5.82 Å². The van der Waals surface area contributed by atoms with Crippen molar-refractivity contribution < 1.29 is 9.53 Å². The summed E-state index contributed by atoms with van der Waals surface area (Å²) in [5.74, 6) is 0.492. The summed E-state index contributed by atoms with van der Waals surface area (Å²) in [6, 6.07) is 0.306. The lowest BCUT2D eigenvalue weighted by Crippen LogP contribution is -2.12. The van der Waals surface area contributed by atoms with Crippen molar-refractivity contribution in [1.82, 2.24) is 9.78 Å². The van der Waals surface area contributed by atoms with Crippen molar-refractivity contribution in [3.63, 3.8) is 0 Å². The number of nitrogen functional groups attached to an aromatic ring is 1. The summed E-state index contributed by atoms with van der Waals surface area (Å²) < 4.78 is 6.54. The van der Waals surface area contributed by atoms with Crippen LogP contribution in [0.1, 0.15) is 49.0 Å². The number of aromatic nitrogens is 2. The largest absolute Gasteiger partial charge is 0.465 e. The highest BCUT2D eigenvalue weighted by Crippen LogP contribution is 2.34. The second-order valence-electron chi connectivity index (χ2n) is 4.51. The molecule has 0 atom stereocenters. The van der Waals surface area contributed by atoms with E-state index in [1.807, 2.05) is 6.92 Å². The van der Waals surface area contributed by atoms with Gasteiger partial charge in [-0.3, -0.25) is 0 Å². The Morgan fingerprint density at radius 3 is 2.78 bits per heavy atom. The smallest absolute Gasteiger partial charge is 0.345 e. The van der Waals surface area contributed by atoms with E-state index in [9.17, 15) is 4.79 Å². The molecule has 1 aromatic rings. The minimum atomic E-state index is -0.437. The lowest BCUT2D eigenvalue weighted by molar-refractivity contribution is 0.0603. The van der Waals surface area contributed by atoms with Crippen LogP contribution in [0.15, 0.2) is 0 Å². The molecule has 1 saturated carbocycles. The molecule has 0 saturated heterocycles. The lowest BCUT2D eigenvalue weighted by atomic mass is 10.2. The number of anilines is 2. The van der Waals surface area contributed by atoms with Crippen molar-refractivity contribution in [1.29, 1.82) is 0 Å². The van der Waals surface area contributed by atoms with Crippen LogP contribution < -0.4 is 11.1 Å². The Morgan fingerprint density at radius 1 is 1.56 bits per heavy atom. The third-order valence-corrected chi connectivity index (χ3v) is 3.35. The van der Waals surface area contributed by atoms with Gasteiger partial charge in [0.25, 0.3) is 0 Å². The van der Waals surface area contributed by atoms with E-state index in [4.69, 9.17) is 10.5 Å². The Kier molecular flexibility index (Phi) is 3.74. The predicted octanol–water partition coefficient (Wildman–Crippen LogP) is 1.80. The molecule has 1 aliphatic rings. The second-order valence-corrected chi connectivity index (χ2v) is 4.51. The molecule has 1 fully saturated rings. The molecule has 2 rings (SSSR count). The topological polar surface area (TPSA) is 82.2 Å². The zero-order valence-corrected chi connectivity index (χ0v) is 10.9. The predicted molar refractivity (Wildman–Crippen MR) is 69.6 cm³/mol. The molecular formula is C12H20N4O2. The quantitative estimate of drug-likeness (QED) is 0.798. The van der Waals surface area contributed by atoms with E-state index < -0.39 is 5.97 Å². The highest BCUT2D eigenvalue weighted by molar-refractivity contribution is 5.99. The van der Waals surface area contributed by atoms with Gasteiger partial charge in [0, 0.05) is 6.54 Å². The number of hydrogen-bond donors (Lipinski definition) is 2. The highest BCUT2D eigenvalue weighted by atomic mass is 16.5. The van der Waals surface area contributed by atoms with Crippen molar-refractivity contribution in [2.75, 3.05) is 24.7 Å². The van der Waals surface area contributed by atoms with E-state index in [1.54, 1.807) is 4.68 Å². The van der Waals surface area contributed by atoms with Crippen LogP contribution in [0.5, 0.6) is 0 Å². The third kappa shape index (κ3) is 2.14. The first-order valence-corrected chi connectivity index (χ1v) is 6.39. The molecular weight excluding hydrogens is 232 g/mol. The Balaban J connectivity index is 2.39. The van der Waals surface area contributed by atoms with Gasteiger partial charge in [0.2, 0.25) is 0 Å². The first-order valence-electron chi connectivity index (χ1n) is 6.39. The maximum absolute atomic E-state index is 11.8. The summed E-state index contributed by atoms with van der Waals surface area (Å²) in [4.78, 5) is 11.8. The Bertz CT molecular complexity index is 436. The van der Waals surface area contributed by atoms with Gasteiger partial charge >= 0.3 is 5.97 Å². The van der Waals surface area contributed by atoms with E-state index in [1.165, 1.54) is 20.0 Å². The van der Waals surface area contributed by atoms with Crippen LogP contribution in [-0.4, -0.2) is 29.4 Å². The van der Waals surface area contributed by atoms with Crippen LogP contribution in [0, 0.1) is 0 Å².